The average Bonchev–Trinajstić information content (AvgIpc) is 3.05. The number of nitrogens with zero attached hydrogens (tertiary/aromatic N) is 2. The number of hydrogen-bond donors (Lipinski definition) is 0. The van der Waals surface area contributed by atoms with Gasteiger partial charge < -0.3 is 28.4 Å². The van der Waals surface area contributed by atoms with Crippen LogP contribution in [0.1, 0.15) is 85.5 Å². The van der Waals surface area contributed by atoms with Crippen LogP contribution in [0, 0.1) is 0 Å². The number of likely N-dealkylation sites (tertiary alicyclic amines) is 2. The molecular weight excluding hydrogens is 592 g/mol. The summed E-state index contributed by atoms with van der Waals surface area (Å²) in [6.07, 6.45) is 13.2. The first-order valence-corrected chi connectivity index (χ1v) is 18.2. The van der Waals surface area contributed by atoms with E-state index in [0.717, 1.165) is 55.6 Å². The Labute approximate surface area is 284 Å². The largest absolute Gasteiger partial charge is 0.497 e. The fraction of sp³-hybridized carbons (Fsp3) is 0.692. The first-order valence-electron chi connectivity index (χ1n) is 18.2. The molecule has 2 heterocycles. The summed E-state index contributed by atoms with van der Waals surface area (Å²) in [5, 5.41) is 0. The van der Waals surface area contributed by atoms with Gasteiger partial charge in [0.05, 0.1) is 38.6 Å². The van der Waals surface area contributed by atoms with Crippen LogP contribution in [0.4, 0.5) is 0 Å². The maximum absolute atomic E-state index is 6.29. The molecule has 8 nitrogen and oxygen atoms in total. The molecule has 0 amide bonds. The van der Waals surface area contributed by atoms with E-state index in [1.54, 1.807) is 14.2 Å². The highest BCUT2D eigenvalue weighted by Crippen LogP contribution is 2.33. The summed E-state index contributed by atoms with van der Waals surface area (Å²) >= 11 is 0. The van der Waals surface area contributed by atoms with E-state index in [9.17, 15) is 0 Å². The lowest BCUT2D eigenvalue weighted by Crippen LogP contribution is -2.61. The highest BCUT2D eigenvalue weighted by atomic mass is 16.5. The normalized spacial score (nSPS) is 26.4. The third kappa shape index (κ3) is 10.2. The Morgan fingerprint density at radius 3 is 2.00 bits per heavy atom. The lowest BCUT2D eigenvalue weighted by atomic mass is 9.89. The Balaban J connectivity index is 0.000000185. The van der Waals surface area contributed by atoms with E-state index in [1.807, 2.05) is 48.5 Å². The van der Waals surface area contributed by atoms with Crippen LogP contribution in [0.2, 0.25) is 0 Å². The molecule has 2 aliphatic heterocycles. The quantitative estimate of drug-likeness (QED) is 0.222. The van der Waals surface area contributed by atoms with E-state index in [1.165, 1.54) is 51.4 Å². The van der Waals surface area contributed by atoms with Crippen molar-refractivity contribution in [2.24, 2.45) is 0 Å². The standard InChI is InChI=1S/C20H31NO3.C19H29NO3/c1-4-15(2)23-20-11-6-5-10-19(20)21-13-18(14-21)24-17-9-7-8-16(12-17)22-3;1-14(2)22-16-10-8-15(9-11-16)20-12-17(13-20)23-19-7-5-4-6-18(19)21-3/h7-9,12,15,18-20H,4-6,10-11,13-14H2,1-3H3;4-7,14-17H,8-13H2,1-3H3. The molecule has 0 aromatic heterocycles. The minimum Gasteiger partial charge on any atom is -0.497 e. The molecule has 2 saturated carbocycles. The Morgan fingerprint density at radius 2 is 1.32 bits per heavy atom. The summed E-state index contributed by atoms with van der Waals surface area (Å²) in [6.45, 7) is 12.7. The molecule has 4 fully saturated rings. The van der Waals surface area contributed by atoms with Crippen molar-refractivity contribution in [2.75, 3.05) is 40.4 Å². The van der Waals surface area contributed by atoms with Crippen LogP contribution in [-0.2, 0) is 9.47 Å². The first kappa shape index (κ1) is 35.8. The van der Waals surface area contributed by atoms with Crippen molar-refractivity contribution >= 4 is 0 Å². The summed E-state index contributed by atoms with van der Waals surface area (Å²) in [4.78, 5) is 5.11. The second kappa shape index (κ2) is 17.8. The SMILES string of the molecule is CCC(C)OC1CCCCC1N1CC(Oc2cccc(OC)c2)C1.COc1ccccc1OC1CN(C2CCC(OC(C)C)CC2)C1. The number of ether oxygens (including phenoxy) is 6. The predicted octanol–water partition coefficient (Wildman–Crippen LogP) is 7.38. The Morgan fingerprint density at radius 1 is 0.660 bits per heavy atom. The van der Waals surface area contributed by atoms with Crippen LogP contribution >= 0.6 is 0 Å². The van der Waals surface area contributed by atoms with Gasteiger partial charge in [0.2, 0.25) is 0 Å². The molecule has 0 spiro atoms. The number of hydrogen-bond acceptors (Lipinski definition) is 8. The van der Waals surface area contributed by atoms with Gasteiger partial charge in [0.1, 0.15) is 23.7 Å². The molecule has 262 valence electrons. The van der Waals surface area contributed by atoms with Gasteiger partial charge in [0, 0.05) is 44.3 Å². The summed E-state index contributed by atoms with van der Waals surface area (Å²) < 4.78 is 35.0. The lowest BCUT2D eigenvalue weighted by Gasteiger charge is -2.48. The number of para-hydroxylation sites is 2. The van der Waals surface area contributed by atoms with Gasteiger partial charge in [-0.1, -0.05) is 38.0 Å². The highest BCUT2D eigenvalue weighted by molar-refractivity contribution is 5.39. The second-order valence-corrected chi connectivity index (χ2v) is 14.1. The molecule has 2 saturated heterocycles. The highest BCUT2D eigenvalue weighted by Gasteiger charge is 2.40. The zero-order valence-electron chi connectivity index (χ0n) is 29.8. The van der Waals surface area contributed by atoms with Crippen LogP contribution in [0.5, 0.6) is 23.0 Å². The van der Waals surface area contributed by atoms with Crippen LogP contribution < -0.4 is 18.9 Å². The van der Waals surface area contributed by atoms with Crippen molar-refractivity contribution < 1.29 is 28.4 Å². The molecule has 8 heteroatoms. The van der Waals surface area contributed by atoms with Crippen LogP contribution in [-0.4, -0.2) is 98.9 Å². The molecule has 0 bridgehead atoms. The van der Waals surface area contributed by atoms with Crippen LogP contribution in [0.15, 0.2) is 48.5 Å². The summed E-state index contributed by atoms with van der Waals surface area (Å²) in [5.41, 5.74) is 0. The van der Waals surface area contributed by atoms with Crippen molar-refractivity contribution in [3.05, 3.63) is 48.5 Å². The molecule has 47 heavy (non-hydrogen) atoms. The van der Waals surface area contributed by atoms with E-state index < -0.39 is 0 Å². The van der Waals surface area contributed by atoms with Gasteiger partial charge >= 0.3 is 0 Å². The molecule has 3 unspecified atom stereocenters. The average molecular weight is 653 g/mol. The molecule has 2 aromatic rings. The van der Waals surface area contributed by atoms with Gasteiger partial charge in [-0.05, 0) is 90.0 Å². The van der Waals surface area contributed by atoms with E-state index >= 15 is 0 Å². The summed E-state index contributed by atoms with van der Waals surface area (Å²) in [5.74, 6) is 3.42. The second-order valence-electron chi connectivity index (χ2n) is 14.1. The van der Waals surface area contributed by atoms with Crippen molar-refractivity contribution in [1.82, 2.24) is 9.80 Å². The topological polar surface area (TPSA) is 61.9 Å². The first-order chi connectivity index (χ1) is 22.8. The molecule has 0 N–H and O–H groups in total. The minimum atomic E-state index is 0.281. The Hall–Kier alpha value is -2.52. The van der Waals surface area contributed by atoms with Gasteiger partial charge in [-0.25, -0.2) is 0 Å². The molecule has 0 radical (unpaired) electrons. The van der Waals surface area contributed by atoms with Crippen LogP contribution in [0.25, 0.3) is 0 Å². The van der Waals surface area contributed by atoms with E-state index in [0.29, 0.717) is 36.5 Å². The number of methoxy groups -OCH3 is 2. The molecular formula is C39H60N2O6. The predicted molar refractivity (Wildman–Crippen MR) is 187 cm³/mol. The maximum atomic E-state index is 6.29. The summed E-state index contributed by atoms with van der Waals surface area (Å²) in [7, 11) is 3.37. The van der Waals surface area contributed by atoms with Gasteiger partial charge in [0.25, 0.3) is 0 Å². The van der Waals surface area contributed by atoms with E-state index in [2.05, 4.69) is 37.5 Å². The zero-order valence-corrected chi connectivity index (χ0v) is 29.8. The maximum Gasteiger partial charge on any atom is 0.161 e. The molecule has 6 rings (SSSR count). The lowest BCUT2D eigenvalue weighted by molar-refractivity contribution is -0.106. The molecule has 4 aliphatic rings. The number of rotatable bonds is 13. The number of benzene rings is 2. The van der Waals surface area contributed by atoms with Gasteiger partial charge in [-0.15, -0.1) is 0 Å². The molecule has 2 aliphatic carbocycles. The van der Waals surface area contributed by atoms with Crippen LogP contribution in [0.3, 0.4) is 0 Å². The third-order valence-corrected chi connectivity index (χ3v) is 10.2. The fourth-order valence-electron chi connectivity index (χ4n) is 7.40. The minimum absolute atomic E-state index is 0.281. The van der Waals surface area contributed by atoms with Crippen molar-refractivity contribution in [2.45, 2.75) is 134 Å². The zero-order chi connectivity index (χ0) is 33.2. The van der Waals surface area contributed by atoms with Crippen molar-refractivity contribution in [1.29, 1.82) is 0 Å². The molecule has 3 atom stereocenters. The molecule has 2 aromatic carbocycles. The Bertz CT molecular complexity index is 1190. The van der Waals surface area contributed by atoms with Gasteiger partial charge in [-0.2, -0.15) is 0 Å². The van der Waals surface area contributed by atoms with Gasteiger partial charge in [-0.3, -0.25) is 9.80 Å². The van der Waals surface area contributed by atoms with Gasteiger partial charge in [0.15, 0.2) is 11.5 Å². The van der Waals surface area contributed by atoms with Crippen molar-refractivity contribution in [3.63, 3.8) is 0 Å². The van der Waals surface area contributed by atoms with E-state index in [-0.39, 0.29) is 12.2 Å². The third-order valence-electron chi connectivity index (χ3n) is 10.2. The Kier molecular flexibility index (Phi) is 13.5. The monoisotopic (exact) mass is 652 g/mol. The van der Waals surface area contributed by atoms with Crippen molar-refractivity contribution in [3.8, 4) is 23.0 Å². The smallest absolute Gasteiger partial charge is 0.161 e. The fourth-order valence-corrected chi connectivity index (χ4v) is 7.40. The van der Waals surface area contributed by atoms with E-state index in [4.69, 9.17) is 28.4 Å². The summed E-state index contributed by atoms with van der Waals surface area (Å²) in [6, 6.07) is 17.0.